The van der Waals surface area contributed by atoms with Crippen LogP contribution in [0.15, 0.2) is 36.4 Å². The molecule has 2 nitrogen and oxygen atoms in total. The summed E-state index contributed by atoms with van der Waals surface area (Å²) in [6.45, 7) is 2.74. The number of rotatable bonds is 3. The average molecular weight is 279 g/mol. The van der Waals surface area contributed by atoms with Gasteiger partial charge in [-0.1, -0.05) is 41.4 Å². The van der Waals surface area contributed by atoms with Crippen molar-refractivity contribution in [3.63, 3.8) is 0 Å². The lowest BCUT2D eigenvalue weighted by Crippen LogP contribution is -2.18. The number of hydrogen-bond acceptors (Lipinski definition) is 2. The fourth-order valence-electron chi connectivity index (χ4n) is 2.05. The molecule has 19 heavy (non-hydrogen) atoms. The van der Waals surface area contributed by atoms with Crippen LogP contribution in [0.5, 0.6) is 0 Å². The minimum atomic E-state index is -0.494. The summed E-state index contributed by atoms with van der Waals surface area (Å²) in [5, 5.41) is 0.0836. The molecule has 0 amide bonds. The highest BCUT2D eigenvalue weighted by molar-refractivity contribution is 6.31. The molecule has 0 radical (unpaired) electrons. The minimum absolute atomic E-state index is 0.0836. The van der Waals surface area contributed by atoms with Gasteiger partial charge < -0.3 is 10.6 Å². The Morgan fingerprint density at radius 2 is 2.00 bits per heavy atom. The van der Waals surface area contributed by atoms with E-state index >= 15 is 0 Å². The number of anilines is 2. The van der Waals surface area contributed by atoms with Crippen LogP contribution in [0.3, 0.4) is 0 Å². The van der Waals surface area contributed by atoms with E-state index < -0.39 is 5.82 Å². The predicted molar refractivity (Wildman–Crippen MR) is 79.1 cm³/mol. The van der Waals surface area contributed by atoms with Crippen LogP contribution in [0.2, 0.25) is 5.02 Å². The number of halogens is 2. The Morgan fingerprint density at radius 1 is 1.26 bits per heavy atom. The van der Waals surface area contributed by atoms with Crippen molar-refractivity contribution in [2.24, 2.45) is 0 Å². The topological polar surface area (TPSA) is 29.3 Å². The van der Waals surface area contributed by atoms with Gasteiger partial charge in [0.15, 0.2) is 0 Å². The zero-order valence-electron chi connectivity index (χ0n) is 11.0. The highest BCUT2D eigenvalue weighted by atomic mass is 35.5. The number of nitrogens with zero attached hydrogens (tertiary/aromatic N) is 1. The first-order valence-electron chi connectivity index (χ1n) is 5.98. The van der Waals surface area contributed by atoms with Crippen molar-refractivity contribution in [2.45, 2.75) is 13.5 Å². The van der Waals surface area contributed by atoms with Crippen LogP contribution < -0.4 is 10.6 Å². The van der Waals surface area contributed by atoms with E-state index in [2.05, 4.69) is 6.07 Å². The summed E-state index contributed by atoms with van der Waals surface area (Å²) in [6.07, 6.45) is 0. The van der Waals surface area contributed by atoms with Gasteiger partial charge in [-0.15, -0.1) is 0 Å². The highest BCUT2D eigenvalue weighted by Crippen LogP contribution is 2.29. The average Bonchev–Trinajstić information content (AvgIpc) is 2.33. The van der Waals surface area contributed by atoms with Gasteiger partial charge in [0.2, 0.25) is 0 Å². The monoisotopic (exact) mass is 278 g/mol. The van der Waals surface area contributed by atoms with Crippen LogP contribution in [0.1, 0.15) is 11.1 Å². The molecule has 0 bridgehead atoms. The van der Waals surface area contributed by atoms with E-state index in [1.807, 2.05) is 37.1 Å². The fraction of sp³-hybridized carbons (Fsp3) is 0.200. The Kier molecular flexibility index (Phi) is 3.96. The molecule has 100 valence electrons. The molecule has 0 atom stereocenters. The van der Waals surface area contributed by atoms with Crippen molar-refractivity contribution in [1.29, 1.82) is 0 Å². The second-order valence-electron chi connectivity index (χ2n) is 4.67. The number of nitrogens with two attached hydrogens (primary N) is 1. The van der Waals surface area contributed by atoms with Crippen molar-refractivity contribution in [3.05, 3.63) is 58.4 Å². The third-order valence-corrected chi connectivity index (χ3v) is 3.27. The van der Waals surface area contributed by atoms with Gasteiger partial charge in [0.1, 0.15) is 5.82 Å². The summed E-state index contributed by atoms with van der Waals surface area (Å²) in [5.41, 5.74) is 9.32. The first-order valence-corrected chi connectivity index (χ1v) is 6.36. The SMILES string of the molecule is Cc1cccc(CN(C)c2cc(Cl)c(F)cc2N)c1. The second kappa shape index (κ2) is 5.49. The van der Waals surface area contributed by atoms with Crippen molar-refractivity contribution >= 4 is 23.0 Å². The lowest BCUT2D eigenvalue weighted by molar-refractivity contribution is 0.628. The number of aryl methyl sites for hydroxylation is 1. The molecule has 0 heterocycles. The van der Waals surface area contributed by atoms with Gasteiger partial charge >= 0.3 is 0 Å². The molecule has 4 heteroatoms. The van der Waals surface area contributed by atoms with Gasteiger partial charge in [0, 0.05) is 19.7 Å². The van der Waals surface area contributed by atoms with Crippen LogP contribution in [0.25, 0.3) is 0 Å². The molecule has 2 aromatic rings. The van der Waals surface area contributed by atoms with Crippen LogP contribution in [-0.4, -0.2) is 7.05 Å². The van der Waals surface area contributed by atoms with Crippen molar-refractivity contribution in [1.82, 2.24) is 0 Å². The van der Waals surface area contributed by atoms with E-state index in [0.29, 0.717) is 12.2 Å². The minimum Gasteiger partial charge on any atom is -0.397 e. The first kappa shape index (κ1) is 13.7. The molecule has 2 N–H and O–H groups in total. The molecule has 0 spiro atoms. The van der Waals surface area contributed by atoms with E-state index in [0.717, 1.165) is 5.69 Å². The maximum atomic E-state index is 13.3. The Morgan fingerprint density at radius 3 is 2.68 bits per heavy atom. The highest BCUT2D eigenvalue weighted by Gasteiger charge is 2.10. The largest absolute Gasteiger partial charge is 0.397 e. The smallest absolute Gasteiger partial charge is 0.143 e. The Bertz CT molecular complexity index is 599. The molecule has 2 aromatic carbocycles. The zero-order chi connectivity index (χ0) is 14.0. The molecule has 2 rings (SSSR count). The van der Waals surface area contributed by atoms with Crippen LogP contribution >= 0.6 is 11.6 Å². The maximum absolute atomic E-state index is 13.3. The molecular weight excluding hydrogens is 263 g/mol. The summed E-state index contributed by atoms with van der Waals surface area (Å²) in [7, 11) is 1.91. The van der Waals surface area contributed by atoms with Crippen LogP contribution in [-0.2, 0) is 6.54 Å². The number of nitrogen functional groups attached to an aromatic ring is 1. The molecule has 0 saturated carbocycles. The third-order valence-electron chi connectivity index (χ3n) is 2.98. The van der Waals surface area contributed by atoms with Crippen molar-refractivity contribution < 1.29 is 4.39 Å². The van der Waals surface area contributed by atoms with Gasteiger partial charge in [-0.3, -0.25) is 0 Å². The van der Waals surface area contributed by atoms with E-state index in [-0.39, 0.29) is 5.02 Å². The summed E-state index contributed by atoms with van der Waals surface area (Å²) in [5.74, 6) is -0.494. The van der Waals surface area contributed by atoms with Crippen molar-refractivity contribution in [3.8, 4) is 0 Å². The van der Waals surface area contributed by atoms with E-state index in [1.54, 1.807) is 6.07 Å². The summed E-state index contributed by atoms with van der Waals surface area (Å²) in [6, 6.07) is 11.0. The lowest BCUT2D eigenvalue weighted by atomic mass is 10.1. The van der Waals surface area contributed by atoms with E-state index in [9.17, 15) is 4.39 Å². The third kappa shape index (κ3) is 3.18. The molecule has 0 aliphatic rings. The van der Waals surface area contributed by atoms with E-state index in [1.165, 1.54) is 17.2 Å². The summed E-state index contributed by atoms with van der Waals surface area (Å²) < 4.78 is 13.3. The van der Waals surface area contributed by atoms with Gasteiger partial charge in [-0.2, -0.15) is 0 Å². The maximum Gasteiger partial charge on any atom is 0.143 e. The molecule has 0 fully saturated rings. The standard InChI is InChI=1S/C15H16ClFN2/c1-10-4-3-5-11(6-10)9-19(2)15-7-12(16)13(17)8-14(15)18/h3-8H,9,18H2,1-2H3. The number of benzene rings is 2. The Balaban J connectivity index is 2.25. The van der Waals surface area contributed by atoms with Crippen molar-refractivity contribution in [2.75, 3.05) is 17.7 Å². The predicted octanol–water partition coefficient (Wildman–Crippen LogP) is 4.01. The van der Waals surface area contributed by atoms with Gasteiger partial charge in [0.25, 0.3) is 0 Å². The fourth-order valence-corrected chi connectivity index (χ4v) is 2.21. The molecule has 0 aliphatic heterocycles. The second-order valence-corrected chi connectivity index (χ2v) is 5.08. The summed E-state index contributed by atoms with van der Waals surface area (Å²) >= 11 is 5.80. The molecule has 0 aliphatic carbocycles. The molecule has 0 unspecified atom stereocenters. The summed E-state index contributed by atoms with van der Waals surface area (Å²) in [4.78, 5) is 1.95. The molecule has 0 saturated heterocycles. The molecule has 0 aromatic heterocycles. The van der Waals surface area contributed by atoms with Gasteiger partial charge in [0.05, 0.1) is 16.4 Å². The van der Waals surface area contributed by atoms with Crippen LogP contribution in [0, 0.1) is 12.7 Å². The van der Waals surface area contributed by atoms with Crippen LogP contribution in [0.4, 0.5) is 15.8 Å². The Hall–Kier alpha value is -1.74. The normalized spacial score (nSPS) is 10.5. The first-order chi connectivity index (χ1) is 8.97. The van der Waals surface area contributed by atoms with Gasteiger partial charge in [-0.25, -0.2) is 4.39 Å². The lowest BCUT2D eigenvalue weighted by Gasteiger charge is -2.22. The zero-order valence-corrected chi connectivity index (χ0v) is 11.7. The Labute approximate surface area is 117 Å². The number of hydrogen-bond donors (Lipinski definition) is 1. The van der Waals surface area contributed by atoms with E-state index in [4.69, 9.17) is 17.3 Å². The van der Waals surface area contributed by atoms with Gasteiger partial charge in [-0.05, 0) is 18.6 Å². The quantitative estimate of drug-likeness (QED) is 0.860. The molecular formula is C15H16ClFN2.